The summed E-state index contributed by atoms with van der Waals surface area (Å²) in [6.07, 6.45) is 4.93. The van der Waals surface area contributed by atoms with Gasteiger partial charge in [0.2, 0.25) is 0 Å². The van der Waals surface area contributed by atoms with Crippen molar-refractivity contribution in [2.24, 2.45) is 0 Å². The third-order valence-corrected chi connectivity index (χ3v) is 4.15. The minimum absolute atomic E-state index is 0.102. The Morgan fingerprint density at radius 2 is 1.77 bits per heavy atom. The highest BCUT2D eigenvalue weighted by Crippen LogP contribution is 2.27. The predicted octanol–water partition coefficient (Wildman–Crippen LogP) is 3.68. The van der Waals surface area contributed by atoms with Gasteiger partial charge in [-0.1, -0.05) is 30.4 Å². The van der Waals surface area contributed by atoms with Crippen LogP contribution in [0.5, 0.6) is 0 Å². The van der Waals surface area contributed by atoms with Gasteiger partial charge in [-0.15, -0.1) is 11.3 Å². The summed E-state index contributed by atoms with van der Waals surface area (Å²) in [5.41, 5.74) is 0.936. The lowest BCUT2D eigenvalue weighted by atomic mass is 10.1. The van der Waals surface area contributed by atoms with Gasteiger partial charge < -0.3 is 9.47 Å². The Morgan fingerprint density at radius 1 is 1.09 bits per heavy atom. The summed E-state index contributed by atoms with van der Waals surface area (Å²) in [4.78, 5) is 23.6. The third-order valence-electron chi connectivity index (χ3n) is 3.17. The van der Waals surface area contributed by atoms with Crippen molar-refractivity contribution in [2.45, 2.75) is 19.6 Å². The van der Waals surface area contributed by atoms with Gasteiger partial charge >= 0.3 is 11.9 Å². The lowest BCUT2D eigenvalue weighted by Gasteiger charge is -2.29. The van der Waals surface area contributed by atoms with Gasteiger partial charge in [0, 0.05) is 18.5 Å². The van der Waals surface area contributed by atoms with Crippen molar-refractivity contribution < 1.29 is 19.1 Å². The molecule has 0 N–H and O–H groups in total. The average molecular weight is 314 g/mol. The van der Waals surface area contributed by atoms with E-state index < -0.39 is 17.7 Å². The molecule has 0 radical (unpaired) electrons. The number of thiophene rings is 1. The number of hydrogen-bond donors (Lipinski definition) is 0. The standard InChI is InChI=1S/C17H14O4S/c1-17(2)20-15(18)13(16(19)21-17)8-5-6-11-10-22-14-9-4-3-7-12(11)14/h3-10H,1-2H3. The largest absolute Gasteiger partial charge is 0.419 e. The van der Waals surface area contributed by atoms with Crippen LogP contribution in [0, 0.1) is 0 Å². The lowest BCUT2D eigenvalue weighted by molar-refractivity contribution is -0.222. The van der Waals surface area contributed by atoms with Crippen LogP contribution in [0.25, 0.3) is 16.2 Å². The first-order chi connectivity index (χ1) is 10.5. The molecule has 0 amide bonds. The molecule has 0 atom stereocenters. The molecule has 1 aromatic heterocycles. The van der Waals surface area contributed by atoms with Crippen molar-refractivity contribution in [3.8, 4) is 0 Å². The minimum atomic E-state index is -1.21. The summed E-state index contributed by atoms with van der Waals surface area (Å²) in [5, 5.41) is 3.16. The van der Waals surface area contributed by atoms with Crippen LogP contribution in [0.4, 0.5) is 0 Å². The van der Waals surface area contributed by atoms with Gasteiger partial charge in [0.1, 0.15) is 5.57 Å². The summed E-state index contributed by atoms with van der Waals surface area (Å²) in [7, 11) is 0. The SMILES string of the molecule is CC1(C)OC(=O)C(=CC=Cc2csc3ccccc23)C(=O)O1. The van der Waals surface area contributed by atoms with E-state index in [1.807, 2.05) is 35.7 Å². The number of rotatable bonds is 2. The quantitative estimate of drug-likeness (QED) is 0.482. The highest BCUT2D eigenvalue weighted by Gasteiger charge is 2.38. The maximum Gasteiger partial charge on any atom is 0.348 e. The van der Waals surface area contributed by atoms with E-state index in [1.165, 1.54) is 24.6 Å². The maximum absolute atomic E-state index is 11.8. The molecule has 1 aliphatic heterocycles. The monoisotopic (exact) mass is 314 g/mol. The van der Waals surface area contributed by atoms with Crippen LogP contribution in [-0.4, -0.2) is 17.7 Å². The van der Waals surface area contributed by atoms with E-state index >= 15 is 0 Å². The number of ether oxygens (including phenoxy) is 2. The molecule has 0 aliphatic carbocycles. The van der Waals surface area contributed by atoms with Gasteiger partial charge in [0.05, 0.1) is 0 Å². The van der Waals surface area contributed by atoms with Crippen molar-refractivity contribution in [1.29, 1.82) is 0 Å². The van der Waals surface area contributed by atoms with Gasteiger partial charge in [-0.05, 0) is 28.5 Å². The van der Waals surface area contributed by atoms with Crippen molar-refractivity contribution in [2.75, 3.05) is 0 Å². The number of esters is 2. The second-order valence-electron chi connectivity index (χ2n) is 5.31. The fraction of sp³-hybridized carbons (Fsp3) is 0.176. The molecule has 4 nitrogen and oxygen atoms in total. The van der Waals surface area contributed by atoms with E-state index in [2.05, 4.69) is 0 Å². The first-order valence-electron chi connectivity index (χ1n) is 6.77. The lowest BCUT2D eigenvalue weighted by Crippen LogP contribution is -2.41. The van der Waals surface area contributed by atoms with Crippen LogP contribution in [0.2, 0.25) is 0 Å². The zero-order valence-corrected chi connectivity index (χ0v) is 13.0. The summed E-state index contributed by atoms with van der Waals surface area (Å²) < 4.78 is 11.3. The molecular formula is C17H14O4S. The van der Waals surface area contributed by atoms with E-state index in [0.29, 0.717) is 0 Å². The molecule has 5 heteroatoms. The Balaban J connectivity index is 1.84. The molecule has 112 valence electrons. The van der Waals surface area contributed by atoms with E-state index in [-0.39, 0.29) is 5.57 Å². The van der Waals surface area contributed by atoms with Crippen LogP contribution in [-0.2, 0) is 19.1 Å². The fourth-order valence-electron chi connectivity index (χ4n) is 2.17. The minimum Gasteiger partial charge on any atom is -0.419 e. The molecule has 0 saturated carbocycles. The van der Waals surface area contributed by atoms with E-state index in [4.69, 9.17) is 9.47 Å². The first-order valence-corrected chi connectivity index (χ1v) is 7.65. The van der Waals surface area contributed by atoms with Gasteiger partial charge in [0.15, 0.2) is 0 Å². The molecule has 1 fully saturated rings. The third kappa shape index (κ3) is 2.80. The van der Waals surface area contributed by atoms with Gasteiger partial charge in [0.25, 0.3) is 5.79 Å². The van der Waals surface area contributed by atoms with Crippen molar-refractivity contribution in [3.63, 3.8) is 0 Å². The summed E-state index contributed by atoms with van der Waals surface area (Å²) >= 11 is 1.65. The number of allylic oxidation sites excluding steroid dienone is 2. The van der Waals surface area contributed by atoms with Crippen LogP contribution >= 0.6 is 11.3 Å². The number of cyclic esters (lactones) is 2. The van der Waals surface area contributed by atoms with Crippen molar-refractivity contribution in [1.82, 2.24) is 0 Å². The van der Waals surface area contributed by atoms with Crippen LogP contribution < -0.4 is 0 Å². The predicted molar refractivity (Wildman–Crippen MR) is 85.2 cm³/mol. The summed E-state index contributed by atoms with van der Waals surface area (Å²) in [5.74, 6) is -2.54. The number of fused-ring (bicyclic) bond motifs is 1. The molecule has 22 heavy (non-hydrogen) atoms. The molecule has 1 aliphatic rings. The normalized spacial score (nSPS) is 17.6. The first kappa shape index (κ1) is 14.5. The van der Waals surface area contributed by atoms with Gasteiger partial charge in [-0.25, -0.2) is 9.59 Å². The zero-order chi connectivity index (χ0) is 15.7. The number of benzene rings is 1. The fourth-order valence-corrected chi connectivity index (χ4v) is 3.10. The number of carbonyl (C=O) groups is 2. The molecule has 2 aromatic rings. The molecule has 0 spiro atoms. The van der Waals surface area contributed by atoms with Crippen LogP contribution in [0.15, 0.2) is 47.4 Å². The molecule has 1 saturated heterocycles. The number of hydrogen-bond acceptors (Lipinski definition) is 5. The molecule has 0 bridgehead atoms. The number of carbonyl (C=O) groups excluding carboxylic acids is 2. The van der Waals surface area contributed by atoms with Crippen LogP contribution in [0.3, 0.4) is 0 Å². The van der Waals surface area contributed by atoms with Crippen molar-refractivity contribution in [3.05, 3.63) is 52.9 Å². The Hall–Kier alpha value is -2.40. The Labute approximate surface area is 131 Å². The average Bonchev–Trinajstić information content (AvgIpc) is 2.84. The van der Waals surface area contributed by atoms with Crippen LogP contribution in [0.1, 0.15) is 19.4 Å². The van der Waals surface area contributed by atoms with E-state index in [1.54, 1.807) is 17.4 Å². The Kier molecular flexibility index (Phi) is 3.58. The highest BCUT2D eigenvalue weighted by atomic mass is 32.1. The second-order valence-corrected chi connectivity index (χ2v) is 6.22. The van der Waals surface area contributed by atoms with E-state index in [0.717, 1.165) is 10.9 Å². The maximum atomic E-state index is 11.8. The molecule has 1 aromatic carbocycles. The zero-order valence-electron chi connectivity index (χ0n) is 12.2. The Bertz CT molecular complexity index is 789. The van der Waals surface area contributed by atoms with Gasteiger partial charge in [-0.3, -0.25) is 0 Å². The molecule has 2 heterocycles. The summed E-state index contributed by atoms with van der Waals surface area (Å²) in [6.45, 7) is 3.04. The highest BCUT2D eigenvalue weighted by molar-refractivity contribution is 7.17. The van der Waals surface area contributed by atoms with Crippen molar-refractivity contribution >= 4 is 39.4 Å². The Morgan fingerprint density at radius 3 is 2.50 bits per heavy atom. The van der Waals surface area contributed by atoms with E-state index in [9.17, 15) is 9.59 Å². The second kappa shape index (κ2) is 5.42. The molecular weight excluding hydrogens is 300 g/mol. The smallest absolute Gasteiger partial charge is 0.348 e. The molecule has 3 rings (SSSR count). The molecule has 0 unspecified atom stereocenters. The topological polar surface area (TPSA) is 52.6 Å². The van der Waals surface area contributed by atoms with Gasteiger partial charge in [-0.2, -0.15) is 0 Å². The summed E-state index contributed by atoms with van der Waals surface area (Å²) in [6, 6.07) is 8.05.